The number of hydrogen-bond donors (Lipinski definition) is 1. The van der Waals surface area contributed by atoms with E-state index in [1.807, 2.05) is 90.2 Å². The number of fused-ring (bicyclic) bond motifs is 2. The molecule has 0 aliphatic carbocycles. The molecule has 2 aliphatic rings. The molecule has 5 heterocycles. The molecule has 11 heteroatoms. The molecule has 0 atom stereocenters. The smallest absolute Gasteiger partial charge is 0.850 e. The third-order valence-corrected chi connectivity index (χ3v) is 7.53. The van der Waals surface area contributed by atoms with Gasteiger partial charge >= 0.3 is 51.4 Å². The van der Waals surface area contributed by atoms with Crippen LogP contribution in [0.4, 0.5) is 0 Å². The van der Waals surface area contributed by atoms with Crippen LogP contribution in [0.5, 0.6) is 0 Å². The van der Waals surface area contributed by atoms with Gasteiger partial charge in [0, 0.05) is 48.5 Å². The van der Waals surface area contributed by atoms with Crippen LogP contribution in [0.3, 0.4) is 0 Å². The number of aryl methyl sites for hydroxylation is 1. The fraction of sp³-hybridized carbons (Fsp3) is 0.351. The van der Waals surface area contributed by atoms with Crippen molar-refractivity contribution in [3.8, 4) is 5.69 Å². The van der Waals surface area contributed by atoms with Crippen LogP contribution >= 0.6 is 0 Å². The van der Waals surface area contributed by atoms with E-state index in [1.54, 1.807) is 33.2 Å². The van der Waals surface area contributed by atoms with Gasteiger partial charge in [-0.15, -0.1) is 5.60 Å². The van der Waals surface area contributed by atoms with E-state index in [2.05, 4.69) is 15.2 Å². The van der Waals surface area contributed by atoms with Gasteiger partial charge in [0.2, 0.25) is 0 Å². The number of pyridine rings is 1. The number of carbonyl (C=O) groups is 2. The minimum Gasteiger partial charge on any atom is -0.850 e. The molecule has 2 amide bonds. The maximum atomic E-state index is 13.3. The molecule has 5 aromatic rings. The van der Waals surface area contributed by atoms with Crippen molar-refractivity contribution >= 4 is 44.8 Å². The first-order chi connectivity index (χ1) is 22.5. The first-order valence-corrected chi connectivity index (χ1v) is 16.0. The van der Waals surface area contributed by atoms with Crippen molar-refractivity contribution in [3.05, 3.63) is 90.5 Å². The Hall–Kier alpha value is -3.00. The second kappa shape index (κ2) is 17.1. The van der Waals surface area contributed by atoms with E-state index in [0.29, 0.717) is 28.9 Å². The van der Waals surface area contributed by atoms with Crippen LogP contribution in [0, 0.1) is 0 Å². The van der Waals surface area contributed by atoms with Crippen molar-refractivity contribution in [3.63, 3.8) is 0 Å². The third kappa shape index (κ3) is 9.36. The van der Waals surface area contributed by atoms with Gasteiger partial charge in [0.25, 0.3) is 11.8 Å². The minimum absolute atomic E-state index is 0. The monoisotopic (exact) mass is 674 g/mol. The Morgan fingerprint density at radius 1 is 0.896 bits per heavy atom. The quantitative estimate of drug-likeness (QED) is 0.207. The minimum atomic E-state index is -0.750. The molecule has 1 fully saturated rings. The van der Waals surface area contributed by atoms with E-state index in [4.69, 9.17) is 9.84 Å². The Bertz CT molecular complexity index is 1870. The summed E-state index contributed by atoms with van der Waals surface area (Å²) < 4.78 is 8.88. The summed E-state index contributed by atoms with van der Waals surface area (Å²) in [7, 11) is 4.08. The molecule has 48 heavy (non-hydrogen) atoms. The molecule has 2 aromatic carbocycles. The average Bonchev–Trinajstić information content (AvgIpc) is 3.84. The van der Waals surface area contributed by atoms with Crippen molar-refractivity contribution < 1.29 is 70.8 Å². The maximum absolute atomic E-state index is 13.3. The molecule has 2 aliphatic heterocycles. The van der Waals surface area contributed by atoms with Crippen molar-refractivity contribution in [2.24, 2.45) is 0 Å². The Morgan fingerprint density at radius 2 is 1.52 bits per heavy atom. The summed E-state index contributed by atoms with van der Waals surface area (Å²) in [5.74, 6) is -0.845. The van der Waals surface area contributed by atoms with Gasteiger partial charge in [-0.1, -0.05) is 57.2 Å². The van der Waals surface area contributed by atoms with E-state index in [0.717, 1.165) is 53.7 Å². The molecule has 3 aromatic heterocycles. The molecule has 246 valence electrons. The topological polar surface area (TPSA) is 117 Å². The predicted octanol–water partition coefficient (Wildman–Crippen LogP) is 1.84. The van der Waals surface area contributed by atoms with Gasteiger partial charge in [-0.05, 0) is 64.2 Å². The molecular weight excluding hydrogens is 632 g/mol. The Kier molecular flexibility index (Phi) is 13.5. The van der Waals surface area contributed by atoms with Gasteiger partial charge < -0.3 is 19.3 Å². The SMILES string of the molecule is C1CCOC1.CC(C)(C)[O-].CN(C)CCCn1nc(C2=C(c3cn(-c4cccnc4)c4ccccc34)C(=O)NC2=O)c2ccccc21.[K+]. The van der Waals surface area contributed by atoms with E-state index >= 15 is 0 Å². The number of carbonyl (C=O) groups excluding carboxylic acids is 2. The van der Waals surface area contributed by atoms with Crippen LogP contribution in [0.15, 0.2) is 79.3 Å². The van der Waals surface area contributed by atoms with Crippen molar-refractivity contribution in [1.29, 1.82) is 0 Å². The van der Waals surface area contributed by atoms with E-state index in [9.17, 15) is 14.7 Å². The van der Waals surface area contributed by atoms with E-state index < -0.39 is 17.4 Å². The maximum Gasteiger partial charge on any atom is 1.00 e. The normalized spacial score (nSPS) is 14.5. The number of benzene rings is 2. The van der Waals surface area contributed by atoms with Crippen molar-refractivity contribution in [2.75, 3.05) is 33.9 Å². The number of rotatable bonds is 7. The van der Waals surface area contributed by atoms with Gasteiger partial charge in [0.05, 0.1) is 34.1 Å². The number of para-hydroxylation sites is 2. The molecule has 0 unspecified atom stereocenters. The summed E-state index contributed by atoms with van der Waals surface area (Å²) in [5, 5.41) is 19.2. The molecule has 7 rings (SSSR count). The van der Waals surface area contributed by atoms with E-state index in [1.165, 1.54) is 12.8 Å². The van der Waals surface area contributed by atoms with Crippen LogP contribution in [0.25, 0.3) is 38.6 Å². The fourth-order valence-corrected chi connectivity index (χ4v) is 5.56. The van der Waals surface area contributed by atoms with Crippen LogP contribution in [0.2, 0.25) is 0 Å². The Labute approximate surface area is 324 Å². The van der Waals surface area contributed by atoms with Crippen molar-refractivity contribution in [2.45, 2.75) is 52.2 Å². The summed E-state index contributed by atoms with van der Waals surface area (Å²) >= 11 is 0. The third-order valence-electron chi connectivity index (χ3n) is 7.53. The summed E-state index contributed by atoms with van der Waals surface area (Å²) in [6.07, 6.45) is 8.87. The molecule has 0 spiro atoms. The number of amides is 2. The summed E-state index contributed by atoms with van der Waals surface area (Å²) in [4.78, 5) is 33.0. The van der Waals surface area contributed by atoms with Gasteiger partial charge in [-0.25, -0.2) is 0 Å². The van der Waals surface area contributed by atoms with Gasteiger partial charge in [-0.2, -0.15) is 5.10 Å². The molecule has 10 nitrogen and oxygen atoms in total. The van der Waals surface area contributed by atoms with Gasteiger partial charge in [0.1, 0.15) is 5.69 Å². The second-order valence-corrected chi connectivity index (χ2v) is 12.9. The first kappa shape index (κ1) is 37.8. The number of aromatic nitrogens is 4. The predicted molar refractivity (Wildman–Crippen MR) is 184 cm³/mol. The summed E-state index contributed by atoms with van der Waals surface area (Å²) in [6, 6.07) is 19.5. The number of nitrogens with one attached hydrogen (secondary N) is 1. The van der Waals surface area contributed by atoms with Crippen LogP contribution < -0.4 is 61.8 Å². The van der Waals surface area contributed by atoms with Crippen LogP contribution in [-0.4, -0.2) is 75.5 Å². The van der Waals surface area contributed by atoms with Gasteiger partial charge in [-0.3, -0.25) is 24.6 Å². The second-order valence-electron chi connectivity index (χ2n) is 12.9. The zero-order chi connectivity index (χ0) is 33.6. The Morgan fingerprint density at radius 3 is 2.12 bits per heavy atom. The molecule has 1 saturated heterocycles. The summed E-state index contributed by atoms with van der Waals surface area (Å²) in [5.41, 5.74) is 3.83. The molecule has 0 saturated carbocycles. The first-order valence-electron chi connectivity index (χ1n) is 16.0. The van der Waals surface area contributed by atoms with Crippen LogP contribution in [0.1, 0.15) is 51.3 Å². The van der Waals surface area contributed by atoms with E-state index in [-0.39, 0.29) is 51.4 Å². The number of hydrogen-bond acceptors (Lipinski definition) is 7. The van der Waals surface area contributed by atoms with Crippen LogP contribution in [-0.2, 0) is 20.9 Å². The molecule has 0 bridgehead atoms. The number of nitrogens with zero attached hydrogens (tertiary/aromatic N) is 5. The fourth-order valence-electron chi connectivity index (χ4n) is 5.56. The van der Waals surface area contributed by atoms with Crippen molar-refractivity contribution in [1.82, 2.24) is 29.5 Å². The average molecular weight is 675 g/mol. The zero-order valence-electron chi connectivity index (χ0n) is 28.8. The largest absolute Gasteiger partial charge is 1.00 e. The zero-order valence-corrected chi connectivity index (χ0v) is 31.9. The standard InChI is InChI=1S/C29H26N6O2.C4H8O.C4H9O.K/c1-33(2)15-8-16-35-24-13-6-4-11-21(24)27(32-35)26-25(28(36)31-29(26)37)22-18-34(19-9-7-14-30-17-19)23-12-5-3-10-20(22)23;1-2-4-5-3-1;1-4(2,3)5;/h3-7,9-14,17-18H,8,15-16H2,1-2H3,(H,31,36,37);1-4H2;1-3H3;/q;;-1;+1. The number of ether oxygens (including phenoxy) is 1. The summed E-state index contributed by atoms with van der Waals surface area (Å²) in [6.45, 7) is 8.52. The van der Waals surface area contributed by atoms with Gasteiger partial charge in [0.15, 0.2) is 0 Å². The number of imide groups is 1. The Balaban J connectivity index is 0.000000411. The molecule has 1 N–H and O–H groups in total. The molecular formula is C37H43KN6O4. The molecule has 0 radical (unpaired) electrons.